The first-order valence-corrected chi connectivity index (χ1v) is 9.51. The molecule has 1 aliphatic heterocycles. The van der Waals surface area contributed by atoms with Crippen LogP contribution >= 0.6 is 0 Å². The molecule has 0 spiro atoms. The van der Waals surface area contributed by atoms with Gasteiger partial charge in [-0.1, -0.05) is 31.9 Å². The van der Waals surface area contributed by atoms with E-state index in [9.17, 15) is 4.79 Å². The number of hydrogen-bond acceptors (Lipinski definition) is 3. The average molecular weight is 351 g/mol. The van der Waals surface area contributed by atoms with Crippen molar-refractivity contribution >= 4 is 16.9 Å². The number of nitrogens with one attached hydrogen (secondary N) is 1. The molecule has 1 aliphatic rings. The zero-order valence-electron chi connectivity index (χ0n) is 15.2. The Balaban J connectivity index is 1.48. The van der Waals surface area contributed by atoms with Gasteiger partial charge in [-0.3, -0.25) is 9.89 Å². The van der Waals surface area contributed by atoms with Gasteiger partial charge < -0.3 is 9.47 Å². The normalized spacial score (nSPS) is 17.3. The number of aromatic amines is 1. The van der Waals surface area contributed by atoms with Crippen molar-refractivity contribution in [1.29, 1.82) is 0 Å². The lowest BCUT2D eigenvalue weighted by molar-refractivity contribution is 0.0723. The fourth-order valence-corrected chi connectivity index (χ4v) is 3.86. The molecule has 1 unspecified atom stereocenters. The minimum absolute atomic E-state index is 0.0570. The highest BCUT2D eigenvalue weighted by atomic mass is 16.2. The minimum Gasteiger partial charge on any atom is -0.334 e. The molecule has 6 nitrogen and oxygen atoms in total. The van der Waals surface area contributed by atoms with Crippen LogP contribution in [0.2, 0.25) is 0 Å². The van der Waals surface area contributed by atoms with Crippen LogP contribution in [0.5, 0.6) is 0 Å². The first-order valence-electron chi connectivity index (χ1n) is 9.51. The molecular weight excluding hydrogens is 326 g/mol. The van der Waals surface area contributed by atoms with E-state index < -0.39 is 0 Å². The van der Waals surface area contributed by atoms with Crippen molar-refractivity contribution in [3.05, 3.63) is 48.0 Å². The van der Waals surface area contributed by atoms with Crippen molar-refractivity contribution < 1.29 is 4.79 Å². The summed E-state index contributed by atoms with van der Waals surface area (Å²) in [6, 6.07) is 10.3. The number of fused-ring (bicyclic) bond motifs is 1. The lowest BCUT2D eigenvalue weighted by Crippen LogP contribution is -2.35. The summed E-state index contributed by atoms with van der Waals surface area (Å²) < 4.78 is 2.07. The van der Waals surface area contributed by atoms with Crippen LogP contribution in [0, 0.1) is 0 Å². The van der Waals surface area contributed by atoms with Gasteiger partial charge in [0.15, 0.2) is 0 Å². The Morgan fingerprint density at radius 1 is 1.35 bits per heavy atom. The number of amides is 1. The van der Waals surface area contributed by atoms with E-state index in [-0.39, 0.29) is 5.91 Å². The van der Waals surface area contributed by atoms with E-state index in [0.29, 0.717) is 18.3 Å². The van der Waals surface area contributed by atoms with E-state index in [0.717, 1.165) is 42.5 Å². The van der Waals surface area contributed by atoms with Crippen LogP contribution in [0.1, 0.15) is 55.2 Å². The third-order valence-electron chi connectivity index (χ3n) is 5.25. The maximum Gasteiger partial charge on any atom is 0.274 e. The number of H-pyrrole nitrogens is 1. The summed E-state index contributed by atoms with van der Waals surface area (Å²) in [4.78, 5) is 19.3. The molecule has 0 saturated carbocycles. The summed E-state index contributed by atoms with van der Waals surface area (Å²) in [5, 5.41) is 7.31. The zero-order valence-corrected chi connectivity index (χ0v) is 15.2. The van der Waals surface area contributed by atoms with Gasteiger partial charge in [-0.2, -0.15) is 5.10 Å². The molecule has 1 amide bonds. The monoisotopic (exact) mass is 351 g/mol. The number of unbranched alkanes of at least 4 members (excludes halogenated alkanes) is 1. The van der Waals surface area contributed by atoms with Gasteiger partial charge in [0, 0.05) is 12.6 Å². The molecule has 2 aromatic heterocycles. The van der Waals surface area contributed by atoms with Gasteiger partial charge in [-0.15, -0.1) is 0 Å². The number of aromatic nitrogens is 4. The Morgan fingerprint density at radius 2 is 2.23 bits per heavy atom. The van der Waals surface area contributed by atoms with Crippen molar-refractivity contribution in [2.75, 3.05) is 6.54 Å². The topological polar surface area (TPSA) is 66.8 Å². The van der Waals surface area contributed by atoms with Crippen LogP contribution in [-0.4, -0.2) is 43.1 Å². The summed E-state index contributed by atoms with van der Waals surface area (Å²) in [7, 11) is 0. The summed E-state index contributed by atoms with van der Waals surface area (Å²) in [6.07, 6.45) is 7.48. The molecule has 0 bridgehead atoms. The second-order valence-electron chi connectivity index (χ2n) is 7.08. The highest BCUT2D eigenvalue weighted by molar-refractivity contribution is 5.92. The van der Waals surface area contributed by atoms with Crippen LogP contribution < -0.4 is 0 Å². The molecule has 3 aromatic rings. The van der Waals surface area contributed by atoms with Crippen LogP contribution in [0.4, 0.5) is 0 Å². The summed E-state index contributed by atoms with van der Waals surface area (Å²) in [5.41, 5.74) is 3.49. The molecule has 136 valence electrons. The molecule has 1 N–H and O–H groups in total. The lowest BCUT2D eigenvalue weighted by atomic mass is 10.1. The van der Waals surface area contributed by atoms with Gasteiger partial charge in [-0.05, 0) is 37.5 Å². The Labute approximate surface area is 153 Å². The first kappa shape index (κ1) is 16.8. The Morgan fingerprint density at radius 3 is 3.12 bits per heavy atom. The number of carbonyl (C=O) groups is 1. The second kappa shape index (κ2) is 7.32. The molecule has 0 radical (unpaired) electrons. The SMILES string of the molecule is CCCCC1CCCN1C(=O)c1cc(Cn2cnc3ccccc32)[nH]n1. The largest absolute Gasteiger partial charge is 0.334 e. The van der Waals surface area contributed by atoms with Crippen molar-refractivity contribution in [2.24, 2.45) is 0 Å². The van der Waals surface area contributed by atoms with Gasteiger partial charge in [0.25, 0.3) is 5.91 Å². The maximum atomic E-state index is 12.9. The van der Waals surface area contributed by atoms with E-state index >= 15 is 0 Å². The van der Waals surface area contributed by atoms with Crippen molar-refractivity contribution in [3.8, 4) is 0 Å². The van der Waals surface area contributed by atoms with E-state index in [1.165, 1.54) is 12.8 Å². The minimum atomic E-state index is 0.0570. The number of carbonyl (C=O) groups excluding carboxylic acids is 1. The molecule has 0 aliphatic carbocycles. The number of rotatable bonds is 6. The highest BCUT2D eigenvalue weighted by Crippen LogP contribution is 2.24. The van der Waals surface area contributed by atoms with Gasteiger partial charge in [0.2, 0.25) is 0 Å². The third kappa shape index (κ3) is 3.23. The van der Waals surface area contributed by atoms with E-state index in [1.807, 2.05) is 41.6 Å². The standard InChI is InChI=1S/C20H25N5O/c1-2-3-7-16-8-6-11-25(16)20(26)18-12-15(22-23-18)13-24-14-21-17-9-4-5-10-19(17)24/h4-5,9-10,12,14,16H,2-3,6-8,11,13H2,1H3,(H,22,23). The number of nitrogens with zero attached hydrogens (tertiary/aromatic N) is 4. The molecule has 1 aromatic carbocycles. The number of imidazole rings is 1. The Bertz CT molecular complexity index is 896. The molecule has 3 heterocycles. The van der Waals surface area contributed by atoms with Crippen molar-refractivity contribution in [3.63, 3.8) is 0 Å². The molecule has 1 saturated heterocycles. The average Bonchev–Trinajstić information content (AvgIpc) is 3.40. The van der Waals surface area contributed by atoms with Crippen LogP contribution in [-0.2, 0) is 6.54 Å². The Kier molecular flexibility index (Phi) is 4.73. The van der Waals surface area contributed by atoms with Crippen LogP contribution in [0.25, 0.3) is 11.0 Å². The van der Waals surface area contributed by atoms with E-state index in [2.05, 4.69) is 26.7 Å². The molecule has 1 atom stereocenters. The maximum absolute atomic E-state index is 12.9. The number of likely N-dealkylation sites (tertiary alicyclic amines) is 1. The van der Waals surface area contributed by atoms with Crippen molar-refractivity contribution in [1.82, 2.24) is 24.6 Å². The smallest absolute Gasteiger partial charge is 0.274 e. The molecular formula is C20H25N5O. The predicted octanol–water partition coefficient (Wildman–Crippen LogP) is 3.60. The summed E-state index contributed by atoms with van der Waals surface area (Å²) in [6.45, 7) is 3.67. The quantitative estimate of drug-likeness (QED) is 0.738. The van der Waals surface area contributed by atoms with Gasteiger partial charge >= 0.3 is 0 Å². The van der Waals surface area contributed by atoms with Crippen molar-refractivity contribution in [2.45, 2.75) is 51.6 Å². The number of hydrogen-bond donors (Lipinski definition) is 1. The third-order valence-corrected chi connectivity index (χ3v) is 5.25. The van der Waals surface area contributed by atoms with E-state index in [1.54, 1.807) is 0 Å². The number of benzene rings is 1. The number of para-hydroxylation sites is 2. The van der Waals surface area contributed by atoms with Crippen LogP contribution in [0.3, 0.4) is 0 Å². The van der Waals surface area contributed by atoms with Gasteiger partial charge in [0.1, 0.15) is 5.69 Å². The second-order valence-corrected chi connectivity index (χ2v) is 7.08. The van der Waals surface area contributed by atoms with E-state index in [4.69, 9.17) is 0 Å². The first-order chi connectivity index (χ1) is 12.8. The van der Waals surface area contributed by atoms with Crippen LogP contribution in [0.15, 0.2) is 36.7 Å². The molecule has 4 rings (SSSR count). The fraction of sp³-hybridized carbons (Fsp3) is 0.450. The Hall–Kier alpha value is -2.63. The molecule has 6 heteroatoms. The predicted molar refractivity (Wildman–Crippen MR) is 101 cm³/mol. The highest BCUT2D eigenvalue weighted by Gasteiger charge is 2.30. The summed E-state index contributed by atoms with van der Waals surface area (Å²) in [5.74, 6) is 0.0570. The molecule has 1 fully saturated rings. The summed E-state index contributed by atoms with van der Waals surface area (Å²) >= 11 is 0. The lowest BCUT2D eigenvalue weighted by Gasteiger charge is -2.23. The zero-order chi connectivity index (χ0) is 17.9. The van der Waals surface area contributed by atoms with Gasteiger partial charge in [-0.25, -0.2) is 4.98 Å². The van der Waals surface area contributed by atoms with Gasteiger partial charge in [0.05, 0.1) is 29.6 Å². The molecule has 26 heavy (non-hydrogen) atoms. The fourth-order valence-electron chi connectivity index (χ4n) is 3.86.